The molecule has 1 aliphatic carbocycles. The van der Waals surface area contributed by atoms with Gasteiger partial charge in [0.05, 0.1) is 5.69 Å². The van der Waals surface area contributed by atoms with Gasteiger partial charge in [0.15, 0.2) is 5.78 Å². The van der Waals surface area contributed by atoms with Gasteiger partial charge in [-0.2, -0.15) is 0 Å². The Labute approximate surface area is 138 Å². The van der Waals surface area contributed by atoms with Gasteiger partial charge in [-0.3, -0.25) is 9.78 Å². The van der Waals surface area contributed by atoms with Gasteiger partial charge in [-0.15, -0.1) is 0 Å². The van der Waals surface area contributed by atoms with E-state index in [-0.39, 0.29) is 5.78 Å². The number of benzene rings is 1. The van der Waals surface area contributed by atoms with Crippen LogP contribution in [-0.2, 0) is 10.3 Å². The van der Waals surface area contributed by atoms with E-state index in [1.54, 1.807) is 13.3 Å². The molecule has 1 unspecified atom stereocenters. The molecule has 4 heteroatoms. The van der Waals surface area contributed by atoms with Crippen molar-refractivity contribution in [1.29, 1.82) is 0 Å². The number of nitrogens with zero attached hydrogens (tertiary/aromatic N) is 1. The summed E-state index contributed by atoms with van der Waals surface area (Å²) in [7, 11) is 1.69. The van der Waals surface area contributed by atoms with Crippen molar-refractivity contribution in [1.82, 2.24) is 4.98 Å². The number of ether oxygens (including phenoxy) is 1. The van der Waals surface area contributed by atoms with Crippen molar-refractivity contribution >= 4 is 21.7 Å². The number of aromatic nitrogens is 1. The van der Waals surface area contributed by atoms with Crippen LogP contribution in [-0.4, -0.2) is 17.9 Å². The lowest BCUT2D eigenvalue weighted by molar-refractivity contribution is -0.0209. The number of carbonyl (C=O) groups is 1. The van der Waals surface area contributed by atoms with Crippen LogP contribution in [0.15, 0.2) is 47.1 Å². The van der Waals surface area contributed by atoms with Crippen molar-refractivity contribution in [2.24, 2.45) is 5.41 Å². The first-order valence-electron chi connectivity index (χ1n) is 7.22. The fourth-order valence-electron chi connectivity index (χ4n) is 3.33. The lowest BCUT2D eigenvalue weighted by Gasteiger charge is -2.43. The van der Waals surface area contributed by atoms with Crippen LogP contribution in [0.25, 0.3) is 0 Å². The van der Waals surface area contributed by atoms with E-state index in [1.165, 1.54) is 0 Å². The average molecular weight is 360 g/mol. The quantitative estimate of drug-likeness (QED) is 0.800. The predicted molar refractivity (Wildman–Crippen MR) is 88.9 cm³/mol. The lowest BCUT2D eigenvalue weighted by Crippen LogP contribution is -2.45. The largest absolute Gasteiger partial charge is 0.367 e. The monoisotopic (exact) mass is 359 g/mol. The highest BCUT2D eigenvalue weighted by atomic mass is 79.9. The maximum Gasteiger partial charge on any atom is 0.168 e. The van der Waals surface area contributed by atoms with Gasteiger partial charge >= 0.3 is 0 Å². The summed E-state index contributed by atoms with van der Waals surface area (Å²) in [5, 5.41) is 0. The second kappa shape index (κ2) is 5.28. The van der Waals surface area contributed by atoms with Crippen molar-refractivity contribution in [2.75, 3.05) is 7.11 Å². The number of ketones is 1. The molecule has 2 aromatic rings. The zero-order valence-corrected chi connectivity index (χ0v) is 14.5. The Morgan fingerprint density at radius 1 is 1.23 bits per heavy atom. The summed E-state index contributed by atoms with van der Waals surface area (Å²) in [6.07, 6.45) is 2.33. The van der Waals surface area contributed by atoms with Gasteiger partial charge in [0.25, 0.3) is 0 Å². The Kier molecular flexibility index (Phi) is 3.69. The zero-order chi connectivity index (χ0) is 16.0. The number of hydrogen-bond acceptors (Lipinski definition) is 3. The Morgan fingerprint density at radius 3 is 2.64 bits per heavy atom. The SMILES string of the molecule is COC1(c2ccccn2)CC(C)(C)C(=O)c2ccc(Br)cc21. The van der Waals surface area contributed by atoms with Crippen molar-refractivity contribution < 1.29 is 9.53 Å². The second-order valence-electron chi connectivity index (χ2n) is 6.33. The zero-order valence-electron chi connectivity index (χ0n) is 12.9. The third-order valence-corrected chi connectivity index (χ3v) is 4.89. The van der Waals surface area contributed by atoms with Crippen LogP contribution in [0.5, 0.6) is 0 Å². The van der Waals surface area contributed by atoms with E-state index in [9.17, 15) is 4.79 Å². The van der Waals surface area contributed by atoms with Gasteiger partial charge in [-0.25, -0.2) is 0 Å². The van der Waals surface area contributed by atoms with Crippen molar-refractivity contribution in [3.05, 3.63) is 63.9 Å². The van der Waals surface area contributed by atoms with Gasteiger partial charge in [0, 0.05) is 34.3 Å². The topological polar surface area (TPSA) is 39.2 Å². The van der Waals surface area contributed by atoms with Gasteiger partial charge in [0.1, 0.15) is 5.60 Å². The number of pyridine rings is 1. The Balaban J connectivity index is 2.33. The summed E-state index contributed by atoms with van der Waals surface area (Å²) in [5.74, 6) is 0.151. The number of carbonyl (C=O) groups excluding carboxylic acids is 1. The standard InChI is InChI=1S/C18H18BrNO2/c1-17(2)11-18(22-3,15-6-4-5-9-20-15)14-10-12(19)7-8-13(14)16(17)21/h4-10H,11H2,1-3H3. The molecule has 0 aliphatic heterocycles. The van der Waals surface area contributed by atoms with Crippen LogP contribution in [0, 0.1) is 5.41 Å². The van der Waals surface area contributed by atoms with E-state index < -0.39 is 11.0 Å². The van der Waals surface area contributed by atoms with Crippen LogP contribution in [0.3, 0.4) is 0 Å². The highest BCUT2D eigenvalue weighted by Gasteiger charge is 2.50. The van der Waals surface area contributed by atoms with Gasteiger partial charge in [-0.05, 0) is 36.8 Å². The second-order valence-corrected chi connectivity index (χ2v) is 7.24. The number of halogens is 1. The molecule has 3 rings (SSSR count). The highest BCUT2D eigenvalue weighted by molar-refractivity contribution is 9.10. The number of rotatable bonds is 2. The molecule has 1 heterocycles. The molecule has 0 saturated carbocycles. The van der Waals surface area contributed by atoms with Crippen molar-refractivity contribution in [3.8, 4) is 0 Å². The minimum atomic E-state index is -0.711. The van der Waals surface area contributed by atoms with Crippen LogP contribution < -0.4 is 0 Å². The molecule has 1 aliphatic rings. The maximum absolute atomic E-state index is 12.8. The molecule has 0 fully saturated rings. The molecule has 1 aromatic carbocycles. The summed E-state index contributed by atoms with van der Waals surface area (Å²) in [6, 6.07) is 11.5. The van der Waals surface area contributed by atoms with Crippen molar-refractivity contribution in [3.63, 3.8) is 0 Å². The Morgan fingerprint density at radius 2 is 2.00 bits per heavy atom. The number of Topliss-reactive ketones (excluding diaryl/α,β-unsaturated/α-hetero) is 1. The summed E-state index contributed by atoms with van der Waals surface area (Å²) >= 11 is 3.51. The molecule has 0 saturated heterocycles. The van der Waals surface area contributed by atoms with E-state index in [0.717, 1.165) is 15.7 Å². The molecule has 0 bridgehead atoms. The van der Waals surface area contributed by atoms with Crippen molar-refractivity contribution in [2.45, 2.75) is 25.9 Å². The summed E-state index contributed by atoms with van der Waals surface area (Å²) < 4.78 is 6.92. The van der Waals surface area contributed by atoms with Gasteiger partial charge < -0.3 is 4.74 Å². The lowest BCUT2D eigenvalue weighted by atomic mass is 9.64. The Hall–Kier alpha value is -1.52. The molecule has 1 atom stereocenters. The van der Waals surface area contributed by atoms with Crippen LogP contribution in [0.2, 0.25) is 0 Å². The number of hydrogen-bond donors (Lipinski definition) is 0. The van der Waals surface area contributed by atoms with E-state index in [1.807, 2.05) is 50.2 Å². The summed E-state index contributed by atoms with van der Waals surface area (Å²) in [4.78, 5) is 17.3. The van der Waals surface area contributed by atoms with Crippen LogP contribution in [0.4, 0.5) is 0 Å². The van der Waals surface area contributed by atoms with E-state index in [2.05, 4.69) is 20.9 Å². The molecular formula is C18H18BrNO2. The summed E-state index contributed by atoms with van der Waals surface area (Å²) in [6.45, 7) is 3.94. The molecule has 0 amide bonds. The molecule has 0 radical (unpaired) electrons. The number of methoxy groups -OCH3 is 1. The molecule has 0 spiro atoms. The van der Waals surface area contributed by atoms with Gasteiger partial charge in [0.2, 0.25) is 0 Å². The molecule has 3 nitrogen and oxygen atoms in total. The first-order valence-corrected chi connectivity index (χ1v) is 8.01. The molecule has 22 heavy (non-hydrogen) atoms. The predicted octanol–water partition coefficient (Wildman–Crippen LogP) is 4.35. The summed E-state index contributed by atoms with van der Waals surface area (Å²) in [5.41, 5.74) is 1.21. The molecule has 1 aromatic heterocycles. The maximum atomic E-state index is 12.8. The van der Waals surface area contributed by atoms with Gasteiger partial charge in [-0.1, -0.05) is 35.8 Å². The Bertz CT molecular complexity index is 727. The molecule has 0 N–H and O–H groups in total. The third kappa shape index (κ3) is 2.22. The normalized spacial score (nSPS) is 23.2. The smallest absolute Gasteiger partial charge is 0.168 e. The minimum absolute atomic E-state index is 0.151. The fourth-order valence-corrected chi connectivity index (χ4v) is 3.69. The number of fused-ring (bicyclic) bond motifs is 1. The molecule has 114 valence electrons. The first kappa shape index (κ1) is 15.4. The van der Waals surface area contributed by atoms with E-state index in [0.29, 0.717) is 12.0 Å². The molecular weight excluding hydrogens is 342 g/mol. The fraction of sp³-hybridized carbons (Fsp3) is 0.333. The van der Waals surface area contributed by atoms with E-state index >= 15 is 0 Å². The van der Waals surface area contributed by atoms with Crippen LogP contribution in [0.1, 0.15) is 41.9 Å². The van der Waals surface area contributed by atoms with E-state index in [4.69, 9.17) is 4.74 Å². The average Bonchev–Trinajstić information content (AvgIpc) is 2.52. The highest BCUT2D eigenvalue weighted by Crippen LogP contribution is 2.49. The minimum Gasteiger partial charge on any atom is -0.367 e. The first-order chi connectivity index (χ1) is 10.4. The van der Waals surface area contributed by atoms with Crippen LogP contribution >= 0.6 is 15.9 Å². The third-order valence-electron chi connectivity index (χ3n) is 4.39.